The van der Waals surface area contributed by atoms with E-state index in [0.29, 0.717) is 6.61 Å². The standard InChI is InChI=1S/C9H17NO5S/c1-9(2)14-7-5-13-6(8(7)15-9)4-10-16(3,11)12/h6-8,10H,4-5H2,1-3H3/t6-,7+,8-/m0/s1. The summed E-state index contributed by atoms with van der Waals surface area (Å²) in [5.74, 6) is -0.609. The first-order valence-electron chi connectivity index (χ1n) is 5.19. The smallest absolute Gasteiger partial charge is 0.208 e. The Morgan fingerprint density at radius 2 is 2.06 bits per heavy atom. The molecule has 2 aliphatic heterocycles. The molecule has 16 heavy (non-hydrogen) atoms. The molecule has 7 heteroatoms. The van der Waals surface area contributed by atoms with Crippen LogP contribution in [-0.2, 0) is 24.2 Å². The van der Waals surface area contributed by atoms with E-state index in [1.165, 1.54) is 0 Å². The molecule has 2 aliphatic rings. The molecule has 0 aromatic carbocycles. The van der Waals surface area contributed by atoms with Gasteiger partial charge in [-0.1, -0.05) is 0 Å². The molecule has 2 heterocycles. The van der Waals surface area contributed by atoms with Crippen LogP contribution in [0.25, 0.3) is 0 Å². The van der Waals surface area contributed by atoms with Gasteiger partial charge in [0.05, 0.1) is 12.9 Å². The van der Waals surface area contributed by atoms with Crippen LogP contribution in [0.3, 0.4) is 0 Å². The summed E-state index contributed by atoms with van der Waals surface area (Å²) in [7, 11) is -3.20. The van der Waals surface area contributed by atoms with Crippen molar-refractivity contribution < 1.29 is 22.6 Å². The van der Waals surface area contributed by atoms with Gasteiger partial charge in [-0.05, 0) is 13.8 Å². The number of hydrogen-bond donors (Lipinski definition) is 1. The number of sulfonamides is 1. The van der Waals surface area contributed by atoms with Crippen molar-refractivity contribution in [3.8, 4) is 0 Å². The summed E-state index contributed by atoms with van der Waals surface area (Å²) in [6.07, 6.45) is 0.558. The fourth-order valence-electron chi connectivity index (χ4n) is 2.03. The van der Waals surface area contributed by atoms with E-state index < -0.39 is 15.8 Å². The highest BCUT2D eigenvalue weighted by atomic mass is 32.2. The molecule has 6 nitrogen and oxygen atoms in total. The predicted octanol–water partition coefficient (Wildman–Crippen LogP) is -0.545. The first-order valence-corrected chi connectivity index (χ1v) is 7.08. The molecule has 0 amide bonds. The van der Waals surface area contributed by atoms with E-state index in [4.69, 9.17) is 14.2 Å². The molecular weight excluding hydrogens is 234 g/mol. The van der Waals surface area contributed by atoms with Crippen LogP contribution >= 0.6 is 0 Å². The fourth-order valence-corrected chi connectivity index (χ4v) is 2.50. The molecule has 0 saturated carbocycles. The van der Waals surface area contributed by atoms with Gasteiger partial charge in [-0.15, -0.1) is 0 Å². The van der Waals surface area contributed by atoms with E-state index in [2.05, 4.69) is 4.72 Å². The van der Waals surface area contributed by atoms with Crippen molar-refractivity contribution in [1.82, 2.24) is 4.72 Å². The Hall–Kier alpha value is -0.210. The second-order valence-electron chi connectivity index (χ2n) is 4.63. The minimum absolute atomic E-state index is 0.0960. The normalized spacial score (nSPS) is 37.6. The molecule has 0 aromatic rings. The summed E-state index contributed by atoms with van der Waals surface area (Å²) in [6.45, 7) is 4.35. The molecule has 0 spiro atoms. The van der Waals surface area contributed by atoms with Gasteiger partial charge in [0.1, 0.15) is 18.3 Å². The zero-order chi connectivity index (χ0) is 12.0. The van der Waals surface area contributed by atoms with Crippen LogP contribution < -0.4 is 4.72 Å². The summed E-state index contributed by atoms with van der Waals surface area (Å²) >= 11 is 0. The van der Waals surface area contributed by atoms with Crippen molar-refractivity contribution in [2.75, 3.05) is 19.4 Å². The van der Waals surface area contributed by atoms with Crippen molar-refractivity contribution in [3.63, 3.8) is 0 Å². The van der Waals surface area contributed by atoms with Crippen molar-refractivity contribution in [3.05, 3.63) is 0 Å². The van der Waals surface area contributed by atoms with Crippen molar-refractivity contribution in [2.45, 2.75) is 37.9 Å². The van der Waals surface area contributed by atoms with E-state index in [9.17, 15) is 8.42 Å². The molecule has 3 atom stereocenters. The second-order valence-corrected chi connectivity index (χ2v) is 6.46. The lowest BCUT2D eigenvalue weighted by Crippen LogP contribution is -2.39. The minimum Gasteiger partial charge on any atom is -0.371 e. The summed E-state index contributed by atoms with van der Waals surface area (Å²) in [4.78, 5) is 0. The average Bonchev–Trinajstić information content (AvgIpc) is 2.55. The Morgan fingerprint density at radius 3 is 2.69 bits per heavy atom. The molecule has 0 bridgehead atoms. The molecule has 0 unspecified atom stereocenters. The quantitative estimate of drug-likeness (QED) is 0.729. The number of ether oxygens (including phenoxy) is 3. The zero-order valence-electron chi connectivity index (χ0n) is 9.60. The van der Waals surface area contributed by atoms with Gasteiger partial charge in [0.25, 0.3) is 0 Å². The van der Waals surface area contributed by atoms with E-state index in [0.717, 1.165) is 6.26 Å². The van der Waals surface area contributed by atoms with E-state index >= 15 is 0 Å². The first-order chi connectivity index (χ1) is 7.27. The second kappa shape index (κ2) is 3.92. The fraction of sp³-hybridized carbons (Fsp3) is 1.00. The van der Waals surface area contributed by atoms with Crippen molar-refractivity contribution >= 4 is 10.0 Å². The highest BCUT2D eigenvalue weighted by Crippen LogP contribution is 2.34. The van der Waals surface area contributed by atoms with Gasteiger partial charge < -0.3 is 14.2 Å². The maximum Gasteiger partial charge on any atom is 0.208 e. The SMILES string of the molecule is CC1(C)O[C@H]2[C@H](CNS(C)(=O)=O)OC[C@H]2O1. The van der Waals surface area contributed by atoms with E-state index in [-0.39, 0.29) is 24.9 Å². The lowest BCUT2D eigenvalue weighted by atomic mass is 10.1. The van der Waals surface area contributed by atoms with Gasteiger partial charge in [0.2, 0.25) is 10.0 Å². The minimum atomic E-state index is -3.20. The third-order valence-corrected chi connectivity index (χ3v) is 3.30. The molecule has 2 fully saturated rings. The summed E-state index contributed by atoms with van der Waals surface area (Å²) < 4.78 is 41.1. The third-order valence-electron chi connectivity index (χ3n) is 2.61. The molecule has 2 saturated heterocycles. The molecule has 1 N–H and O–H groups in total. The van der Waals surface area contributed by atoms with Crippen LogP contribution in [0, 0.1) is 0 Å². The largest absolute Gasteiger partial charge is 0.371 e. The van der Waals surface area contributed by atoms with Crippen LogP contribution in [0.1, 0.15) is 13.8 Å². The van der Waals surface area contributed by atoms with Crippen LogP contribution in [0.15, 0.2) is 0 Å². The molecule has 2 rings (SSSR count). The maximum absolute atomic E-state index is 11.0. The molecule has 0 aromatic heterocycles. The zero-order valence-corrected chi connectivity index (χ0v) is 10.4. The van der Waals surface area contributed by atoms with Crippen molar-refractivity contribution in [1.29, 1.82) is 0 Å². The molecular formula is C9H17NO5S. The van der Waals surface area contributed by atoms with Gasteiger partial charge in [-0.2, -0.15) is 0 Å². The van der Waals surface area contributed by atoms with Crippen LogP contribution in [0.2, 0.25) is 0 Å². The van der Waals surface area contributed by atoms with Crippen molar-refractivity contribution in [2.24, 2.45) is 0 Å². The third kappa shape index (κ3) is 2.72. The van der Waals surface area contributed by atoms with Crippen LogP contribution in [0.4, 0.5) is 0 Å². The molecule has 0 radical (unpaired) electrons. The lowest BCUT2D eigenvalue weighted by molar-refractivity contribution is -0.174. The predicted molar refractivity (Wildman–Crippen MR) is 56.4 cm³/mol. The monoisotopic (exact) mass is 251 g/mol. The lowest BCUT2D eigenvalue weighted by Gasteiger charge is -2.21. The number of hydrogen-bond acceptors (Lipinski definition) is 5. The van der Waals surface area contributed by atoms with Crippen LogP contribution in [-0.4, -0.2) is 51.9 Å². The number of rotatable bonds is 3. The maximum atomic E-state index is 11.0. The summed E-state index contributed by atoms with van der Waals surface area (Å²) in [5, 5.41) is 0. The highest BCUT2D eigenvalue weighted by Gasteiger charge is 2.49. The van der Waals surface area contributed by atoms with Gasteiger partial charge in [-0.25, -0.2) is 13.1 Å². The highest BCUT2D eigenvalue weighted by molar-refractivity contribution is 7.88. The summed E-state index contributed by atoms with van der Waals surface area (Å²) in [6, 6.07) is 0. The molecule has 0 aliphatic carbocycles. The Morgan fingerprint density at radius 1 is 1.38 bits per heavy atom. The van der Waals surface area contributed by atoms with Crippen LogP contribution in [0.5, 0.6) is 0 Å². The van der Waals surface area contributed by atoms with Gasteiger partial charge in [0, 0.05) is 6.54 Å². The first kappa shape index (κ1) is 12.3. The molecule has 94 valence electrons. The number of fused-ring (bicyclic) bond motifs is 1. The van der Waals surface area contributed by atoms with Gasteiger partial charge >= 0.3 is 0 Å². The average molecular weight is 251 g/mol. The Balaban J connectivity index is 1.94. The van der Waals surface area contributed by atoms with E-state index in [1.54, 1.807) is 0 Å². The summed E-state index contributed by atoms with van der Waals surface area (Å²) in [5.41, 5.74) is 0. The topological polar surface area (TPSA) is 73.9 Å². The van der Waals surface area contributed by atoms with Gasteiger partial charge in [-0.3, -0.25) is 0 Å². The van der Waals surface area contributed by atoms with Gasteiger partial charge in [0.15, 0.2) is 5.79 Å². The van der Waals surface area contributed by atoms with E-state index in [1.807, 2.05) is 13.8 Å². The Labute approximate surface area is 95.3 Å². The Bertz CT molecular complexity index is 366. The number of nitrogens with one attached hydrogen (secondary N) is 1. The Kier molecular flexibility index (Phi) is 3.00.